The van der Waals surface area contributed by atoms with Gasteiger partial charge in [-0.15, -0.1) is 0 Å². The quantitative estimate of drug-likeness (QED) is 0.650. The molecule has 28 heavy (non-hydrogen) atoms. The summed E-state index contributed by atoms with van der Waals surface area (Å²) >= 11 is 0. The Balaban J connectivity index is 1.57. The summed E-state index contributed by atoms with van der Waals surface area (Å²) in [5.74, 6) is -0.687. The summed E-state index contributed by atoms with van der Waals surface area (Å²) in [7, 11) is 0. The first-order valence-corrected chi connectivity index (χ1v) is 8.99. The number of aliphatic hydroxyl groups is 2. The van der Waals surface area contributed by atoms with Crippen molar-refractivity contribution >= 4 is 6.21 Å². The van der Waals surface area contributed by atoms with E-state index >= 15 is 0 Å². The Bertz CT molecular complexity index is 983. The van der Waals surface area contributed by atoms with E-state index < -0.39 is 6.17 Å². The summed E-state index contributed by atoms with van der Waals surface area (Å²) in [4.78, 5) is 10.1. The molecule has 3 aromatic carbocycles. The summed E-state index contributed by atoms with van der Waals surface area (Å²) in [6.45, 7) is 0.242. The normalized spacial score (nSPS) is 16.4. The molecule has 0 fully saturated rings. The van der Waals surface area contributed by atoms with Crippen LogP contribution in [0.3, 0.4) is 0 Å². The monoisotopic (exact) mass is 372 g/mol. The summed E-state index contributed by atoms with van der Waals surface area (Å²) in [5, 5.41) is 21.4. The second-order valence-corrected chi connectivity index (χ2v) is 6.43. The van der Waals surface area contributed by atoms with Crippen LogP contribution >= 0.6 is 0 Å². The molecule has 2 N–H and O–H groups in total. The largest absolute Gasteiger partial charge is 0.502 e. The number of aliphatic imine (C=N–C) groups is 1. The van der Waals surface area contributed by atoms with Gasteiger partial charge in [-0.25, -0.2) is 0 Å². The van der Waals surface area contributed by atoms with Gasteiger partial charge in [-0.2, -0.15) is 5.06 Å². The van der Waals surface area contributed by atoms with E-state index in [4.69, 9.17) is 4.84 Å². The fourth-order valence-corrected chi connectivity index (χ4v) is 3.04. The molecule has 0 bridgehead atoms. The zero-order chi connectivity index (χ0) is 19.3. The Morgan fingerprint density at radius 2 is 1.39 bits per heavy atom. The van der Waals surface area contributed by atoms with Gasteiger partial charge in [0.2, 0.25) is 0 Å². The highest BCUT2D eigenvalue weighted by molar-refractivity contribution is 5.77. The van der Waals surface area contributed by atoms with Crippen molar-refractivity contribution in [3.63, 3.8) is 0 Å². The fourth-order valence-electron chi connectivity index (χ4n) is 3.04. The lowest BCUT2D eigenvalue weighted by molar-refractivity contribution is -0.198. The Morgan fingerprint density at radius 1 is 0.786 bits per heavy atom. The lowest BCUT2D eigenvalue weighted by Crippen LogP contribution is -2.31. The molecule has 5 nitrogen and oxygen atoms in total. The molecule has 0 aromatic heterocycles. The van der Waals surface area contributed by atoms with Crippen molar-refractivity contribution in [3.8, 4) is 11.1 Å². The predicted molar refractivity (Wildman–Crippen MR) is 108 cm³/mol. The third-order valence-electron chi connectivity index (χ3n) is 4.53. The van der Waals surface area contributed by atoms with E-state index in [1.54, 1.807) is 0 Å². The highest BCUT2D eigenvalue weighted by Gasteiger charge is 2.28. The molecule has 1 atom stereocenters. The summed E-state index contributed by atoms with van der Waals surface area (Å²) in [6, 6.07) is 27.6. The smallest absolute Gasteiger partial charge is 0.258 e. The van der Waals surface area contributed by atoms with Gasteiger partial charge in [-0.05, 0) is 22.3 Å². The van der Waals surface area contributed by atoms with E-state index in [2.05, 4.69) is 17.1 Å². The maximum absolute atomic E-state index is 10.3. The lowest BCUT2D eigenvalue weighted by Gasteiger charge is -2.31. The van der Waals surface area contributed by atoms with Crippen LogP contribution in [-0.2, 0) is 11.4 Å². The average molecular weight is 372 g/mol. The van der Waals surface area contributed by atoms with Crippen molar-refractivity contribution in [2.45, 2.75) is 12.8 Å². The molecule has 0 saturated heterocycles. The summed E-state index contributed by atoms with van der Waals surface area (Å²) < 4.78 is 0. The van der Waals surface area contributed by atoms with Crippen molar-refractivity contribution in [3.05, 3.63) is 108 Å². The lowest BCUT2D eigenvalue weighted by atomic mass is 10.0. The van der Waals surface area contributed by atoms with Gasteiger partial charge in [0.15, 0.2) is 11.9 Å². The fraction of sp³-hybridized carbons (Fsp3) is 0.0870. The van der Waals surface area contributed by atoms with E-state index in [9.17, 15) is 10.2 Å². The standard InChI is InChI=1S/C23H20N2O3/c26-21-15-24-22(25(23(21)27)28-16-17-7-3-1-4-8-17)20-13-11-19(12-14-20)18-9-5-2-6-10-18/h1-15,22,26-27H,16H2. The molecular weight excluding hydrogens is 352 g/mol. The van der Waals surface area contributed by atoms with Gasteiger partial charge in [0.1, 0.15) is 6.61 Å². The Hall–Kier alpha value is -3.57. The highest BCUT2D eigenvalue weighted by Crippen LogP contribution is 2.31. The Kier molecular flexibility index (Phi) is 5.08. The maximum atomic E-state index is 10.3. The minimum absolute atomic E-state index is 0.242. The number of rotatable bonds is 5. The average Bonchev–Trinajstić information content (AvgIpc) is 2.76. The number of hydroxylamine groups is 2. The van der Waals surface area contributed by atoms with Crippen LogP contribution < -0.4 is 0 Å². The van der Waals surface area contributed by atoms with Crippen molar-refractivity contribution in [1.29, 1.82) is 0 Å². The zero-order valence-electron chi connectivity index (χ0n) is 15.1. The summed E-state index contributed by atoms with van der Waals surface area (Å²) in [5.41, 5.74) is 3.99. The van der Waals surface area contributed by atoms with Crippen molar-refractivity contribution in [2.75, 3.05) is 0 Å². The van der Waals surface area contributed by atoms with Crippen LogP contribution in [0, 0.1) is 0 Å². The molecule has 1 aliphatic heterocycles. The van der Waals surface area contributed by atoms with Gasteiger partial charge in [0.25, 0.3) is 5.88 Å². The number of benzene rings is 3. The molecular formula is C23H20N2O3. The summed E-state index contributed by atoms with van der Waals surface area (Å²) in [6.07, 6.45) is 0.650. The Morgan fingerprint density at radius 3 is 2.07 bits per heavy atom. The third-order valence-corrected chi connectivity index (χ3v) is 4.53. The molecule has 140 valence electrons. The van der Waals surface area contributed by atoms with Crippen LogP contribution in [-0.4, -0.2) is 21.5 Å². The SMILES string of the molecule is OC1=C(O)N(OCc2ccccc2)C(c2ccc(-c3ccccc3)cc2)N=C1. The molecule has 4 rings (SSSR count). The molecule has 0 saturated carbocycles. The van der Waals surface area contributed by atoms with Gasteiger partial charge in [-0.1, -0.05) is 84.9 Å². The first kappa shape index (κ1) is 17.8. The first-order chi connectivity index (χ1) is 13.7. The first-order valence-electron chi connectivity index (χ1n) is 8.99. The van der Waals surface area contributed by atoms with E-state index in [1.165, 1.54) is 11.3 Å². The van der Waals surface area contributed by atoms with Crippen molar-refractivity contribution in [1.82, 2.24) is 5.06 Å². The van der Waals surface area contributed by atoms with Crippen molar-refractivity contribution < 1.29 is 15.1 Å². The van der Waals surface area contributed by atoms with Crippen LogP contribution in [0.4, 0.5) is 0 Å². The second-order valence-electron chi connectivity index (χ2n) is 6.43. The molecule has 0 aliphatic carbocycles. The van der Waals surface area contributed by atoms with E-state index in [0.29, 0.717) is 0 Å². The highest BCUT2D eigenvalue weighted by atomic mass is 16.7. The van der Waals surface area contributed by atoms with E-state index in [1.807, 2.05) is 72.8 Å². The predicted octanol–water partition coefficient (Wildman–Crippen LogP) is 5.16. The molecule has 1 aliphatic rings. The van der Waals surface area contributed by atoms with E-state index in [-0.39, 0.29) is 18.2 Å². The maximum Gasteiger partial charge on any atom is 0.258 e. The van der Waals surface area contributed by atoms with Crippen LogP contribution in [0.2, 0.25) is 0 Å². The van der Waals surface area contributed by atoms with Crippen LogP contribution in [0.1, 0.15) is 17.3 Å². The molecule has 1 unspecified atom stereocenters. The molecule has 0 radical (unpaired) electrons. The van der Waals surface area contributed by atoms with Gasteiger partial charge >= 0.3 is 0 Å². The minimum atomic E-state index is -0.593. The number of nitrogens with zero attached hydrogens (tertiary/aromatic N) is 2. The van der Waals surface area contributed by atoms with Crippen LogP contribution in [0.5, 0.6) is 0 Å². The number of hydrogen-bond donors (Lipinski definition) is 2. The van der Waals surface area contributed by atoms with E-state index in [0.717, 1.165) is 22.3 Å². The minimum Gasteiger partial charge on any atom is -0.502 e. The number of allylic oxidation sites excluding steroid dienone is 1. The van der Waals surface area contributed by atoms with Gasteiger partial charge in [0, 0.05) is 0 Å². The number of hydrogen-bond acceptors (Lipinski definition) is 5. The molecule has 1 heterocycles. The number of aliphatic hydroxyl groups excluding tert-OH is 2. The van der Waals surface area contributed by atoms with Crippen LogP contribution in [0.25, 0.3) is 11.1 Å². The van der Waals surface area contributed by atoms with Crippen molar-refractivity contribution in [2.24, 2.45) is 4.99 Å². The van der Waals surface area contributed by atoms with Gasteiger partial charge < -0.3 is 10.2 Å². The topological polar surface area (TPSA) is 65.3 Å². The van der Waals surface area contributed by atoms with Gasteiger partial charge in [0.05, 0.1) is 6.21 Å². The third kappa shape index (κ3) is 3.75. The molecule has 0 spiro atoms. The molecule has 0 amide bonds. The van der Waals surface area contributed by atoms with Crippen LogP contribution in [0.15, 0.2) is 102 Å². The van der Waals surface area contributed by atoms with Gasteiger partial charge in [-0.3, -0.25) is 9.83 Å². The molecule has 5 heteroatoms. The Labute approximate surface area is 163 Å². The molecule has 3 aromatic rings. The zero-order valence-corrected chi connectivity index (χ0v) is 15.1. The second kappa shape index (κ2) is 7.98.